The molecular formula is C20H27N3O4. The molecule has 27 heavy (non-hydrogen) atoms. The fourth-order valence-electron chi connectivity index (χ4n) is 5.65. The molecule has 5 atom stereocenters. The summed E-state index contributed by atoms with van der Waals surface area (Å²) in [6.07, 6.45) is 10.6. The maximum atomic E-state index is 13.4. The average molecular weight is 373 g/mol. The predicted octanol–water partition coefficient (Wildman–Crippen LogP) is 0.494. The van der Waals surface area contributed by atoms with E-state index in [1.165, 1.54) is 6.42 Å². The van der Waals surface area contributed by atoms with Crippen molar-refractivity contribution in [1.29, 1.82) is 0 Å². The van der Waals surface area contributed by atoms with Crippen molar-refractivity contribution in [2.75, 3.05) is 7.05 Å². The number of ether oxygens (including phenoxy) is 1. The van der Waals surface area contributed by atoms with Crippen LogP contribution in [0.1, 0.15) is 44.9 Å². The van der Waals surface area contributed by atoms with Crippen molar-refractivity contribution in [3.63, 3.8) is 0 Å². The molecule has 3 amide bonds. The van der Waals surface area contributed by atoms with E-state index in [9.17, 15) is 14.4 Å². The normalized spacial score (nSPS) is 40.3. The zero-order valence-electron chi connectivity index (χ0n) is 15.6. The Labute approximate surface area is 158 Å². The minimum atomic E-state index is -1.000. The van der Waals surface area contributed by atoms with E-state index in [1.54, 1.807) is 11.9 Å². The van der Waals surface area contributed by atoms with Crippen LogP contribution in [0, 0.1) is 11.8 Å². The monoisotopic (exact) mass is 373 g/mol. The van der Waals surface area contributed by atoms with E-state index in [4.69, 9.17) is 4.74 Å². The smallest absolute Gasteiger partial charge is 0.246 e. The summed E-state index contributed by atoms with van der Waals surface area (Å²) < 4.78 is 6.23. The lowest BCUT2D eigenvalue weighted by atomic mass is 9.74. The summed E-state index contributed by atoms with van der Waals surface area (Å²) in [4.78, 5) is 40.9. The van der Waals surface area contributed by atoms with E-state index >= 15 is 0 Å². The molecular weight excluding hydrogens is 346 g/mol. The molecule has 3 aliphatic heterocycles. The van der Waals surface area contributed by atoms with Gasteiger partial charge >= 0.3 is 0 Å². The van der Waals surface area contributed by atoms with Gasteiger partial charge in [0.25, 0.3) is 0 Å². The number of nitrogens with one attached hydrogen (secondary N) is 2. The predicted molar refractivity (Wildman–Crippen MR) is 96.5 cm³/mol. The molecule has 0 aromatic carbocycles. The van der Waals surface area contributed by atoms with E-state index in [-0.39, 0.29) is 29.8 Å². The molecule has 2 N–H and O–H groups in total. The Kier molecular flexibility index (Phi) is 3.86. The summed E-state index contributed by atoms with van der Waals surface area (Å²) in [5.41, 5.74) is -1.000. The Morgan fingerprint density at radius 1 is 1.15 bits per heavy atom. The maximum absolute atomic E-state index is 13.4. The van der Waals surface area contributed by atoms with E-state index in [2.05, 4.69) is 10.6 Å². The third kappa shape index (κ3) is 2.40. The van der Waals surface area contributed by atoms with Gasteiger partial charge in [-0.2, -0.15) is 0 Å². The van der Waals surface area contributed by atoms with Gasteiger partial charge in [0.05, 0.1) is 17.9 Å². The second-order valence-electron chi connectivity index (χ2n) is 8.64. The Bertz CT molecular complexity index is 712. The van der Waals surface area contributed by atoms with E-state index < -0.39 is 29.6 Å². The summed E-state index contributed by atoms with van der Waals surface area (Å²) in [6, 6.07) is -0.392. The summed E-state index contributed by atoms with van der Waals surface area (Å²) in [6.45, 7) is 0. The summed E-state index contributed by atoms with van der Waals surface area (Å²) >= 11 is 0. The van der Waals surface area contributed by atoms with Crippen LogP contribution in [0.4, 0.5) is 0 Å². The minimum Gasteiger partial charge on any atom is -0.359 e. The van der Waals surface area contributed by atoms with E-state index in [1.807, 2.05) is 12.2 Å². The highest BCUT2D eigenvalue weighted by atomic mass is 16.5. The molecule has 2 aliphatic carbocycles. The lowest BCUT2D eigenvalue weighted by Crippen LogP contribution is -2.57. The molecule has 2 saturated carbocycles. The number of hydrogen-bond acceptors (Lipinski definition) is 4. The summed E-state index contributed by atoms with van der Waals surface area (Å²) in [5.74, 6) is -1.56. The van der Waals surface area contributed by atoms with Crippen molar-refractivity contribution in [2.45, 2.75) is 74.8 Å². The highest BCUT2D eigenvalue weighted by Gasteiger charge is 2.74. The molecule has 2 saturated heterocycles. The van der Waals surface area contributed by atoms with Gasteiger partial charge in [-0.3, -0.25) is 14.4 Å². The number of fused-ring (bicyclic) bond motifs is 1. The van der Waals surface area contributed by atoms with Crippen LogP contribution in [0.25, 0.3) is 0 Å². The molecule has 7 heteroatoms. The van der Waals surface area contributed by atoms with Gasteiger partial charge in [0.1, 0.15) is 11.6 Å². The van der Waals surface area contributed by atoms with Crippen LogP contribution in [0.15, 0.2) is 12.2 Å². The SMILES string of the molecule is CNC(=O)[C@H]1[C@H]2C(=O)N(C3CC3)[C@H](C(=O)NC3CCCCC3)[C@@]23C=C[C@H]1O3. The lowest BCUT2D eigenvalue weighted by molar-refractivity contribution is -0.142. The molecule has 0 radical (unpaired) electrons. The van der Waals surface area contributed by atoms with Gasteiger partial charge in [-0.15, -0.1) is 0 Å². The van der Waals surface area contributed by atoms with Crippen LogP contribution in [0.3, 0.4) is 0 Å². The van der Waals surface area contributed by atoms with Crippen molar-refractivity contribution in [2.24, 2.45) is 11.8 Å². The number of rotatable bonds is 4. The molecule has 4 fully saturated rings. The summed E-state index contributed by atoms with van der Waals surface area (Å²) in [5, 5.41) is 5.86. The van der Waals surface area contributed by atoms with Gasteiger partial charge in [0.15, 0.2) is 0 Å². The van der Waals surface area contributed by atoms with Crippen LogP contribution in [0.2, 0.25) is 0 Å². The fourth-order valence-corrected chi connectivity index (χ4v) is 5.65. The maximum Gasteiger partial charge on any atom is 0.246 e. The van der Waals surface area contributed by atoms with Gasteiger partial charge < -0.3 is 20.3 Å². The first-order valence-corrected chi connectivity index (χ1v) is 10.3. The van der Waals surface area contributed by atoms with E-state index in [0.29, 0.717) is 0 Å². The standard InChI is InChI=1S/C20H27N3O4/c1-21-17(24)14-13-9-10-20(27-13)15(14)19(26)23(12-7-8-12)16(20)18(25)22-11-5-3-2-4-6-11/h9-16H,2-8H2,1H3,(H,21,24)(H,22,25)/t13-,14-,15+,16-,20-/m1/s1. The largest absolute Gasteiger partial charge is 0.359 e. The average Bonchev–Trinajstić information content (AvgIpc) is 3.27. The van der Waals surface area contributed by atoms with Crippen molar-refractivity contribution < 1.29 is 19.1 Å². The van der Waals surface area contributed by atoms with Crippen LogP contribution in [0.5, 0.6) is 0 Å². The highest BCUT2D eigenvalue weighted by Crippen LogP contribution is 2.56. The highest BCUT2D eigenvalue weighted by molar-refractivity contribution is 6.00. The lowest BCUT2D eigenvalue weighted by Gasteiger charge is -2.34. The number of nitrogens with zero attached hydrogens (tertiary/aromatic N) is 1. The molecule has 0 aromatic heterocycles. The van der Waals surface area contributed by atoms with Crippen LogP contribution < -0.4 is 10.6 Å². The van der Waals surface area contributed by atoms with E-state index in [0.717, 1.165) is 38.5 Å². The number of carbonyl (C=O) groups excluding carboxylic acids is 3. The number of likely N-dealkylation sites (tertiary alicyclic amines) is 1. The minimum absolute atomic E-state index is 0.0956. The molecule has 3 heterocycles. The van der Waals surface area contributed by atoms with Gasteiger partial charge in [-0.1, -0.05) is 31.4 Å². The van der Waals surface area contributed by atoms with Crippen LogP contribution in [-0.2, 0) is 19.1 Å². The van der Waals surface area contributed by atoms with Crippen LogP contribution in [-0.4, -0.2) is 59.5 Å². The Morgan fingerprint density at radius 2 is 1.89 bits per heavy atom. The zero-order chi connectivity index (χ0) is 18.8. The van der Waals surface area contributed by atoms with Crippen molar-refractivity contribution in [3.8, 4) is 0 Å². The third-order valence-electron chi connectivity index (χ3n) is 7.00. The summed E-state index contributed by atoms with van der Waals surface area (Å²) in [7, 11) is 1.58. The quantitative estimate of drug-likeness (QED) is 0.703. The number of carbonyl (C=O) groups is 3. The Balaban J connectivity index is 1.48. The Hall–Kier alpha value is -1.89. The second kappa shape index (κ2) is 6.06. The topological polar surface area (TPSA) is 87.7 Å². The van der Waals surface area contributed by atoms with Gasteiger partial charge in [-0.25, -0.2) is 0 Å². The number of amides is 3. The zero-order valence-corrected chi connectivity index (χ0v) is 15.6. The van der Waals surface area contributed by atoms with Crippen molar-refractivity contribution >= 4 is 17.7 Å². The fraction of sp³-hybridized carbons (Fsp3) is 0.750. The molecule has 5 rings (SSSR count). The number of hydrogen-bond donors (Lipinski definition) is 2. The molecule has 1 spiro atoms. The first-order chi connectivity index (χ1) is 13.1. The Morgan fingerprint density at radius 3 is 2.56 bits per heavy atom. The first kappa shape index (κ1) is 17.2. The first-order valence-electron chi connectivity index (χ1n) is 10.3. The van der Waals surface area contributed by atoms with Gasteiger partial charge in [-0.05, 0) is 25.7 Å². The van der Waals surface area contributed by atoms with Crippen molar-refractivity contribution in [3.05, 3.63) is 12.2 Å². The molecule has 2 bridgehead atoms. The molecule has 0 aromatic rings. The second-order valence-corrected chi connectivity index (χ2v) is 8.64. The van der Waals surface area contributed by atoms with Crippen molar-refractivity contribution in [1.82, 2.24) is 15.5 Å². The molecule has 7 nitrogen and oxygen atoms in total. The molecule has 146 valence electrons. The third-order valence-corrected chi connectivity index (χ3v) is 7.00. The van der Waals surface area contributed by atoms with Crippen LogP contribution >= 0.6 is 0 Å². The molecule has 0 unspecified atom stereocenters. The van der Waals surface area contributed by atoms with Gasteiger partial charge in [0.2, 0.25) is 17.7 Å². The molecule has 5 aliphatic rings. The van der Waals surface area contributed by atoms with Gasteiger partial charge in [0, 0.05) is 19.1 Å².